The summed E-state index contributed by atoms with van der Waals surface area (Å²) in [5.41, 5.74) is 12.4. The van der Waals surface area contributed by atoms with Gasteiger partial charge in [-0.1, -0.05) is 105 Å². The van der Waals surface area contributed by atoms with Gasteiger partial charge in [0.2, 0.25) is 0 Å². The fourth-order valence-corrected chi connectivity index (χ4v) is 5.91. The topological polar surface area (TPSA) is 24.9 Å². The van der Waals surface area contributed by atoms with Crippen LogP contribution in [0.2, 0.25) is 0 Å². The molecule has 0 radical (unpaired) electrons. The highest BCUT2D eigenvalue weighted by atomic mass is 15.0. The molecule has 0 bridgehead atoms. The molecule has 0 amide bonds. The molecule has 0 saturated heterocycles. The molecule has 0 fully saturated rings. The van der Waals surface area contributed by atoms with Crippen LogP contribution in [0.4, 0.5) is 5.69 Å². The van der Waals surface area contributed by atoms with Crippen LogP contribution < -0.4 is 5.32 Å². The van der Waals surface area contributed by atoms with Crippen molar-refractivity contribution in [2.24, 2.45) is 0 Å². The molecule has 1 atom stereocenters. The van der Waals surface area contributed by atoms with E-state index in [4.69, 9.17) is 4.98 Å². The number of anilines is 1. The van der Waals surface area contributed by atoms with Gasteiger partial charge in [0.05, 0.1) is 17.4 Å². The Morgan fingerprint density at radius 1 is 0.737 bits per heavy atom. The summed E-state index contributed by atoms with van der Waals surface area (Å²) in [6, 6.07) is 32.8. The van der Waals surface area contributed by atoms with Crippen molar-refractivity contribution in [3.05, 3.63) is 130 Å². The van der Waals surface area contributed by atoms with Crippen molar-refractivity contribution in [1.29, 1.82) is 0 Å². The average molecular weight is 499 g/mol. The normalized spacial score (nSPS) is 12.0. The van der Waals surface area contributed by atoms with Crippen molar-refractivity contribution in [3.63, 3.8) is 0 Å². The maximum atomic E-state index is 5.34. The highest BCUT2D eigenvalue weighted by Gasteiger charge is 2.23. The van der Waals surface area contributed by atoms with Gasteiger partial charge < -0.3 is 5.32 Å². The number of para-hydroxylation sites is 1. The van der Waals surface area contributed by atoms with E-state index in [1.807, 2.05) is 0 Å². The Hall–Kier alpha value is -3.91. The molecule has 1 heterocycles. The molecule has 5 rings (SSSR count). The Morgan fingerprint density at radius 3 is 2.18 bits per heavy atom. The van der Waals surface area contributed by atoms with Crippen LogP contribution in [0.3, 0.4) is 0 Å². The molecule has 0 spiro atoms. The van der Waals surface area contributed by atoms with Gasteiger partial charge in [0.15, 0.2) is 0 Å². The van der Waals surface area contributed by atoms with Crippen LogP contribution in [-0.4, -0.2) is 4.98 Å². The number of aryl methyl sites for hydroxylation is 5. The number of hydrogen-bond donors (Lipinski definition) is 1. The van der Waals surface area contributed by atoms with Gasteiger partial charge in [-0.2, -0.15) is 0 Å². The third kappa shape index (κ3) is 5.09. The lowest BCUT2D eigenvalue weighted by atomic mass is 9.90. The first kappa shape index (κ1) is 25.7. The van der Waals surface area contributed by atoms with Crippen LogP contribution in [0.15, 0.2) is 91.0 Å². The van der Waals surface area contributed by atoms with Crippen molar-refractivity contribution < 1.29 is 0 Å². The number of fused-ring (bicyclic) bond motifs is 1. The predicted octanol–water partition coefficient (Wildman–Crippen LogP) is 9.54. The summed E-state index contributed by atoms with van der Waals surface area (Å²) in [7, 11) is 0. The van der Waals surface area contributed by atoms with E-state index in [1.165, 1.54) is 55.4 Å². The quantitative estimate of drug-likeness (QED) is 0.230. The fourth-order valence-electron chi connectivity index (χ4n) is 5.91. The monoisotopic (exact) mass is 498 g/mol. The smallest absolute Gasteiger partial charge is 0.0945 e. The van der Waals surface area contributed by atoms with E-state index in [-0.39, 0.29) is 6.04 Å². The van der Waals surface area contributed by atoms with Crippen molar-refractivity contribution >= 4 is 16.5 Å². The first-order chi connectivity index (χ1) is 18.5. The Balaban J connectivity index is 1.70. The lowest BCUT2D eigenvalue weighted by molar-refractivity contribution is 0.852. The molecule has 1 aromatic heterocycles. The molecular weight excluding hydrogens is 460 g/mol. The van der Waals surface area contributed by atoms with Crippen LogP contribution in [0, 0.1) is 20.8 Å². The second-order valence-corrected chi connectivity index (χ2v) is 10.4. The number of pyridine rings is 1. The molecule has 192 valence electrons. The van der Waals surface area contributed by atoms with E-state index in [2.05, 4.69) is 131 Å². The number of hydrogen-bond acceptors (Lipinski definition) is 2. The van der Waals surface area contributed by atoms with Crippen LogP contribution in [-0.2, 0) is 12.8 Å². The minimum absolute atomic E-state index is 0.0613. The average Bonchev–Trinajstić information content (AvgIpc) is 2.92. The summed E-state index contributed by atoms with van der Waals surface area (Å²) in [4.78, 5) is 5.34. The standard InChI is InChI=1S/C36H38N2/c1-6-13-29-17-10-15-27(7-2)35(29)38-36(34-25(4)22-24(3)23-26(34)5)33-21-12-20-32(37-33)31-19-11-16-28-14-8-9-18-30(28)31/h8-12,14-23,36,38H,6-7,13H2,1-5H3. The number of rotatable bonds is 8. The molecule has 1 N–H and O–H groups in total. The molecule has 0 saturated carbocycles. The highest BCUT2D eigenvalue weighted by Crippen LogP contribution is 2.36. The first-order valence-corrected chi connectivity index (χ1v) is 13.9. The zero-order valence-electron chi connectivity index (χ0n) is 23.3. The molecule has 2 heteroatoms. The number of nitrogens with one attached hydrogen (secondary N) is 1. The van der Waals surface area contributed by atoms with Crippen LogP contribution >= 0.6 is 0 Å². The Kier molecular flexibility index (Phi) is 7.60. The number of nitrogens with zero attached hydrogens (tertiary/aromatic N) is 1. The third-order valence-electron chi connectivity index (χ3n) is 7.58. The van der Waals surface area contributed by atoms with Crippen molar-refractivity contribution in [2.45, 2.75) is 59.9 Å². The van der Waals surface area contributed by atoms with E-state index in [1.54, 1.807) is 0 Å². The van der Waals surface area contributed by atoms with E-state index in [0.717, 1.165) is 30.7 Å². The lowest BCUT2D eigenvalue weighted by Gasteiger charge is -2.27. The third-order valence-corrected chi connectivity index (χ3v) is 7.58. The number of benzene rings is 4. The van der Waals surface area contributed by atoms with E-state index >= 15 is 0 Å². The van der Waals surface area contributed by atoms with Crippen molar-refractivity contribution in [2.75, 3.05) is 5.32 Å². The van der Waals surface area contributed by atoms with E-state index in [9.17, 15) is 0 Å². The Labute approximate surface area is 227 Å². The summed E-state index contributed by atoms with van der Waals surface area (Å²) >= 11 is 0. The zero-order chi connectivity index (χ0) is 26.6. The molecule has 4 aromatic carbocycles. The summed E-state index contributed by atoms with van der Waals surface area (Å²) in [5.74, 6) is 0. The van der Waals surface area contributed by atoms with E-state index in [0.29, 0.717) is 0 Å². The zero-order valence-corrected chi connectivity index (χ0v) is 23.3. The van der Waals surface area contributed by atoms with Gasteiger partial charge in [-0.05, 0) is 84.3 Å². The van der Waals surface area contributed by atoms with Crippen molar-refractivity contribution in [1.82, 2.24) is 4.98 Å². The second kappa shape index (κ2) is 11.2. The lowest BCUT2D eigenvalue weighted by Crippen LogP contribution is -2.19. The molecular formula is C36H38N2. The molecule has 1 unspecified atom stereocenters. The van der Waals surface area contributed by atoms with Gasteiger partial charge >= 0.3 is 0 Å². The first-order valence-electron chi connectivity index (χ1n) is 13.9. The second-order valence-electron chi connectivity index (χ2n) is 10.4. The molecule has 0 aliphatic heterocycles. The highest BCUT2D eigenvalue weighted by molar-refractivity contribution is 5.95. The largest absolute Gasteiger partial charge is 0.372 e. The molecule has 2 nitrogen and oxygen atoms in total. The number of aromatic nitrogens is 1. The van der Waals surface area contributed by atoms with Crippen LogP contribution in [0.25, 0.3) is 22.0 Å². The van der Waals surface area contributed by atoms with Gasteiger partial charge in [-0.15, -0.1) is 0 Å². The fraction of sp³-hybridized carbons (Fsp3) is 0.250. The minimum atomic E-state index is -0.0613. The molecule has 5 aromatic rings. The Morgan fingerprint density at radius 2 is 1.42 bits per heavy atom. The van der Waals surface area contributed by atoms with Gasteiger partial charge in [-0.25, -0.2) is 0 Å². The predicted molar refractivity (Wildman–Crippen MR) is 163 cm³/mol. The van der Waals surface area contributed by atoms with Crippen LogP contribution in [0.1, 0.15) is 65.4 Å². The minimum Gasteiger partial charge on any atom is -0.372 e. The van der Waals surface area contributed by atoms with Gasteiger partial charge in [-0.3, -0.25) is 4.98 Å². The van der Waals surface area contributed by atoms with Gasteiger partial charge in [0, 0.05) is 11.3 Å². The van der Waals surface area contributed by atoms with Gasteiger partial charge in [0.25, 0.3) is 0 Å². The van der Waals surface area contributed by atoms with Crippen molar-refractivity contribution in [3.8, 4) is 11.3 Å². The maximum absolute atomic E-state index is 5.34. The summed E-state index contributed by atoms with van der Waals surface area (Å²) < 4.78 is 0. The Bertz CT molecular complexity index is 1550. The summed E-state index contributed by atoms with van der Waals surface area (Å²) in [6.45, 7) is 11.1. The molecule has 0 aliphatic rings. The molecule has 38 heavy (non-hydrogen) atoms. The molecule has 0 aliphatic carbocycles. The summed E-state index contributed by atoms with van der Waals surface area (Å²) in [5, 5.41) is 6.50. The van der Waals surface area contributed by atoms with Gasteiger partial charge in [0.1, 0.15) is 0 Å². The van der Waals surface area contributed by atoms with E-state index < -0.39 is 0 Å². The SMILES string of the molecule is CCCc1cccc(CC)c1NC(c1cccc(-c2cccc3ccccc23)n1)c1c(C)cc(C)cc1C. The maximum Gasteiger partial charge on any atom is 0.0945 e. The van der Waals surface area contributed by atoms with Crippen LogP contribution in [0.5, 0.6) is 0 Å². The summed E-state index contributed by atoms with van der Waals surface area (Å²) in [6.07, 6.45) is 3.16.